The number of hydrogen-bond acceptors (Lipinski definition) is 3. The number of carboxylic acid groups (broad SMARTS) is 1. The molecule has 1 aliphatic heterocycles. The molecule has 74 valence electrons. The summed E-state index contributed by atoms with van der Waals surface area (Å²) >= 11 is 0. The summed E-state index contributed by atoms with van der Waals surface area (Å²) in [5, 5.41) is 9.02. The summed E-state index contributed by atoms with van der Waals surface area (Å²) in [6, 6.07) is 3.63. The molecule has 0 fully saturated rings. The summed E-state index contributed by atoms with van der Waals surface area (Å²) in [6.45, 7) is 0.751. The Morgan fingerprint density at radius 2 is 2.50 bits per heavy atom. The fraction of sp³-hybridized carbons (Fsp3) is 0.400. The minimum atomic E-state index is -0.757. The monoisotopic (exact) mass is 192 g/mol. The van der Waals surface area contributed by atoms with Gasteiger partial charge in [0, 0.05) is 25.4 Å². The molecule has 2 rings (SSSR count). The van der Waals surface area contributed by atoms with Crippen LogP contribution in [0, 0.1) is 0 Å². The second-order valence-corrected chi connectivity index (χ2v) is 3.52. The van der Waals surface area contributed by atoms with Crippen LogP contribution in [0.25, 0.3) is 0 Å². The highest BCUT2D eigenvalue weighted by Crippen LogP contribution is 2.32. The van der Waals surface area contributed by atoms with Gasteiger partial charge in [0.15, 0.2) is 0 Å². The van der Waals surface area contributed by atoms with Gasteiger partial charge in [0.2, 0.25) is 0 Å². The second-order valence-electron chi connectivity index (χ2n) is 3.52. The van der Waals surface area contributed by atoms with E-state index in [0.29, 0.717) is 6.42 Å². The normalized spacial score (nSPS) is 20.4. The van der Waals surface area contributed by atoms with Gasteiger partial charge in [-0.1, -0.05) is 6.07 Å². The van der Waals surface area contributed by atoms with Crippen LogP contribution in [-0.4, -0.2) is 29.7 Å². The van der Waals surface area contributed by atoms with E-state index in [0.717, 1.165) is 17.9 Å². The number of carboxylic acids is 1. The van der Waals surface area contributed by atoms with Crippen molar-refractivity contribution < 1.29 is 9.90 Å². The van der Waals surface area contributed by atoms with Crippen LogP contribution in [0.5, 0.6) is 0 Å². The minimum Gasteiger partial charge on any atom is -0.481 e. The van der Waals surface area contributed by atoms with E-state index in [9.17, 15) is 4.79 Å². The molecule has 0 radical (unpaired) electrons. The lowest BCUT2D eigenvalue weighted by atomic mass is 9.93. The first-order valence-corrected chi connectivity index (χ1v) is 4.59. The fourth-order valence-corrected chi connectivity index (χ4v) is 1.84. The zero-order valence-electron chi connectivity index (χ0n) is 7.97. The van der Waals surface area contributed by atoms with E-state index >= 15 is 0 Å². The first-order chi connectivity index (χ1) is 6.70. The summed E-state index contributed by atoms with van der Waals surface area (Å²) in [5.41, 5.74) is 0.828. The quantitative estimate of drug-likeness (QED) is 0.723. The average molecular weight is 192 g/mol. The number of rotatable bonds is 1. The van der Waals surface area contributed by atoms with Gasteiger partial charge in [-0.15, -0.1) is 0 Å². The van der Waals surface area contributed by atoms with E-state index in [1.165, 1.54) is 0 Å². The van der Waals surface area contributed by atoms with Crippen molar-refractivity contribution in [1.82, 2.24) is 4.98 Å². The number of carbonyl (C=O) groups is 1. The molecular formula is C10H12N2O2. The molecule has 4 nitrogen and oxygen atoms in total. The average Bonchev–Trinajstić information content (AvgIpc) is 2.18. The van der Waals surface area contributed by atoms with Crippen LogP contribution >= 0.6 is 0 Å². The van der Waals surface area contributed by atoms with Crippen molar-refractivity contribution in [2.45, 2.75) is 12.3 Å². The molecule has 0 spiro atoms. The molecule has 0 saturated carbocycles. The van der Waals surface area contributed by atoms with Gasteiger partial charge >= 0.3 is 5.97 Å². The van der Waals surface area contributed by atoms with Crippen LogP contribution in [0.15, 0.2) is 18.3 Å². The summed E-state index contributed by atoms with van der Waals surface area (Å²) in [5.74, 6) is -0.353. The Labute approximate surface area is 82.2 Å². The predicted octanol–water partition coefficient (Wildman–Crippen LogP) is 1.09. The van der Waals surface area contributed by atoms with Gasteiger partial charge < -0.3 is 10.0 Å². The third-order valence-electron chi connectivity index (χ3n) is 2.61. The molecule has 2 heterocycles. The molecule has 1 unspecified atom stereocenters. The summed E-state index contributed by atoms with van der Waals surface area (Å²) in [4.78, 5) is 17.2. The molecule has 14 heavy (non-hydrogen) atoms. The van der Waals surface area contributed by atoms with Crippen LogP contribution in [0.2, 0.25) is 0 Å². The van der Waals surface area contributed by atoms with Crippen LogP contribution in [0.1, 0.15) is 17.9 Å². The Hall–Kier alpha value is -1.58. The topological polar surface area (TPSA) is 53.4 Å². The maximum absolute atomic E-state index is 11.0. The van der Waals surface area contributed by atoms with Gasteiger partial charge in [-0.2, -0.15) is 0 Å². The predicted molar refractivity (Wildman–Crippen MR) is 52.5 cm³/mol. The Bertz CT molecular complexity index is 365. The molecule has 0 aliphatic carbocycles. The standard InChI is InChI=1S/C10H12N2O2/c1-12-6-4-8(10(13)14)7-3-2-5-11-9(7)12/h2-3,5,8H,4,6H2,1H3,(H,13,14). The van der Waals surface area contributed by atoms with E-state index in [1.807, 2.05) is 18.0 Å². The number of anilines is 1. The molecule has 0 amide bonds. The van der Waals surface area contributed by atoms with Crippen molar-refractivity contribution in [3.63, 3.8) is 0 Å². The molecule has 0 aromatic carbocycles. The van der Waals surface area contributed by atoms with Crippen molar-refractivity contribution >= 4 is 11.8 Å². The Balaban J connectivity index is 2.46. The molecule has 0 saturated heterocycles. The number of nitrogens with zero attached hydrogens (tertiary/aromatic N) is 2. The minimum absolute atomic E-state index is 0.394. The molecule has 1 aromatic rings. The van der Waals surface area contributed by atoms with Gasteiger partial charge in [0.1, 0.15) is 5.82 Å². The van der Waals surface area contributed by atoms with Gasteiger partial charge in [-0.3, -0.25) is 4.79 Å². The number of hydrogen-bond donors (Lipinski definition) is 1. The van der Waals surface area contributed by atoms with E-state index in [1.54, 1.807) is 12.3 Å². The lowest BCUT2D eigenvalue weighted by molar-refractivity contribution is -0.139. The van der Waals surface area contributed by atoms with Crippen LogP contribution in [-0.2, 0) is 4.79 Å². The maximum Gasteiger partial charge on any atom is 0.311 e. The van der Waals surface area contributed by atoms with Crippen molar-refractivity contribution in [2.75, 3.05) is 18.5 Å². The summed E-state index contributed by atoms with van der Waals surface area (Å²) in [6.07, 6.45) is 2.35. The van der Waals surface area contributed by atoms with Crippen LogP contribution in [0.4, 0.5) is 5.82 Å². The van der Waals surface area contributed by atoms with E-state index in [2.05, 4.69) is 4.98 Å². The van der Waals surface area contributed by atoms with E-state index < -0.39 is 11.9 Å². The SMILES string of the molecule is CN1CCC(C(=O)O)c2cccnc21. The van der Waals surface area contributed by atoms with Gasteiger partial charge in [-0.05, 0) is 12.5 Å². The highest BCUT2D eigenvalue weighted by molar-refractivity contribution is 5.79. The number of pyridine rings is 1. The van der Waals surface area contributed by atoms with Gasteiger partial charge in [0.25, 0.3) is 0 Å². The van der Waals surface area contributed by atoms with Crippen molar-refractivity contribution in [1.29, 1.82) is 0 Å². The zero-order chi connectivity index (χ0) is 10.1. The first kappa shape index (κ1) is 8.99. The third-order valence-corrected chi connectivity index (χ3v) is 2.61. The Kier molecular flexibility index (Phi) is 2.11. The van der Waals surface area contributed by atoms with Crippen LogP contribution < -0.4 is 4.90 Å². The van der Waals surface area contributed by atoms with Crippen molar-refractivity contribution in [3.8, 4) is 0 Å². The molecule has 0 bridgehead atoms. The Morgan fingerprint density at radius 3 is 3.21 bits per heavy atom. The first-order valence-electron chi connectivity index (χ1n) is 4.59. The van der Waals surface area contributed by atoms with Gasteiger partial charge in [-0.25, -0.2) is 4.98 Å². The summed E-state index contributed by atoms with van der Waals surface area (Å²) in [7, 11) is 1.93. The van der Waals surface area contributed by atoms with Crippen molar-refractivity contribution in [3.05, 3.63) is 23.9 Å². The van der Waals surface area contributed by atoms with Crippen LogP contribution in [0.3, 0.4) is 0 Å². The smallest absolute Gasteiger partial charge is 0.311 e. The molecule has 1 N–H and O–H groups in total. The maximum atomic E-state index is 11.0. The van der Waals surface area contributed by atoms with Gasteiger partial charge in [0.05, 0.1) is 5.92 Å². The number of fused-ring (bicyclic) bond motifs is 1. The largest absolute Gasteiger partial charge is 0.481 e. The molecule has 1 atom stereocenters. The lowest BCUT2D eigenvalue weighted by Crippen LogP contribution is -2.31. The third kappa shape index (κ3) is 1.32. The Morgan fingerprint density at radius 1 is 1.71 bits per heavy atom. The highest BCUT2D eigenvalue weighted by Gasteiger charge is 2.28. The molecular weight excluding hydrogens is 180 g/mol. The van der Waals surface area contributed by atoms with E-state index in [4.69, 9.17) is 5.11 Å². The lowest BCUT2D eigenvalue weighted by Gasteiger charge is -2.29. The van der Waals surface area contributed by atoms with Crippen molar-refractivity contribution in [2.24, 2.45) is 0 Å². The van der Waals surface area contributed by atoms with E-state index in [-0.39, 0.29) is 0 Å². The number of aromatic nitrogens is 1. The second kappa shape index (κ2) is 3.29. The molecule has 4 heteroatoms. The molecule has 1 aliphatic rings. The number of aliphatic carboxylic acids is 1. The molecule has 1 aromatic heterocycles. The zero-order valence-corrected chi connectivity index (χ0v) is 7.97. The summed E-state index contributed by atoms with van der Waals surface area (Å²) < 4.78 is 0. The highest BCUT2D eigenvalue weighted by atomic mass is 16.4. The fourth-order valence-electron chi connectivity index (χ4n) is 1.84.